The molecule has 1 aromatic carbocycles. The molecule has 1 heterocycles. The van der Waals surface area contributed by atoms with Crippen LogP contribution in [0.4, 0.5) is 5.13 Å². The van der Waals surface area contributed by atoms with Crippen molar-refractivity contribution in [3.8, 4) is 0 Å². The molecule has 0 aliphatic carbocycles. The summed E-state index contributed by atoms with van der Waals surface area (Å²) in [5, 5.41) is 13.9. The Balaban J connectivity index is 2.22. The number of nitrogens with one attached hydrogen (secondary N) is 1. The lowest BCUT2D eigenvalue weighted by Crippen LogP contribution is -2.21. The summed E-state index contributed by atoms with van der Waals surface area (Å²) in [5.41, 5.74) is -0.315. The van der Waals surface area contributed by atoms with Gasteiger partial charge in [-0.25, -0.2) is 4.98 Å². The van der Waals surface area contributed by atoms with Gasteiger partial charge < -0.3 is 10.4 Å². The van der Waals surface area contributed by atoms with E-state index >= 15 is 0 Å². The predicted molar refractivity (Wildman–Crippen MR) is 80.7 cm³/mol. The number of benzene rings is 1. The highest BCUT2D eigenvalue weighted by Crippen LogP contribution is 2.34. The van der Waals surface area contributed by atoms with Crippen LogP contribution in [0.3, 0.4) is 0 Å². The quantitative estimate of drug-likeness (QED) is 0.910. The predicted octanol–water partition coefficient (Wildman–Crippen LogP) is 2.99. The summed E-state index contributed by atoms with van der Waals surface area (Å²) >= 11 is 1.29. The largest absolute Gasteiger partial charge is 0.380 e. The van der Waals surface area contributed by atoms with E-state index < -0.39 is 5.60 Å². The van der Waals surface area contributed by atoms with Crippen molar-refractivity contribution in [1.29, 1.82) is 0 Å². The van der Waals surface area contributed by atoms with E-state index in [1.165, 1.54) is 11.3 Å². The molecule has 0 spiro atoms. The first kappa shape index (κ1) is 14.7. The lowest BCUT2D eigenvalue weighted by atomic mass is 9.95. The van der Waals surface area contributed by atoms with Gasteiger partial charge in [0.15, 0.2) is 5.13 Å². The van der Waals surface area contributed by atoms with Gasteiger partial charge in [-0.1, -0.05) is 55.5 Å². The van der Waals surface area contributed by atoms with Gasteiger partial charge in [-0.3, -0.25) is 4.79 Å². The summed E-state index contributed by atoms with van der Waals surface area (Å²) < 4.78 is 0. The first-order valence-corrected chi connectivity index (χ1v) is 7.28. The van der Waals surface area contributed by atoms with Crippen molar-refractivity contribution >= 4 is 22.4 Å². The van der Waals surface area contributed by atoms with Gasteiger partial charge in [0.2, 0.25) is 5.91 Å². The van der Waals surface area contributed by atoms with Gasteiger partial charge in [0.1, 0.15) is 5.60 Å². The second kappa shape index (κ2) is 5.73. The van der Waals surface area contributed by atoms with Crippen molar-refractivity contribution in [2.45, 2.75) is 26.4 Å². The van der Waals surface area contributed by atoms with Crippen LogP contribution in [0.5, 0.6) is 0 Å². The van der Waals surface area contributed by atoms with Crippen LogP contribution in [0.2, 0.25) is 0 Å². The Bertz CT molecular complexity index is 591. The fraction of sp³-hybridized carbons (Fsp3) is 0.333. The van der Waals surface area contributed by atoms with Crippen molar-refractivity contribution in [3.05, 3.63) is 47.0 Å². The number of nitrogens with zero attached hydrogens (tertiary/aromatic N) is 1. The smallest absolute Gasteiger partial charge is 0.228 e. The molecule has 5 heteroatoms. The number of carbonyl (C=O) groups excluding carboxylic acids is 1. The number of carbonyl (C=O) groups is 1. The van der Waals surface area contributed by atoms with E-state index in [0.717, 1.165) is 5.56 Å². The summed E-state index contributed by atoms with van der Waals surface area (Å²) in [5.74, 6) is -0.178. The van der Waals surface area contributed by atoms with Crippen LogP contribution < -0.4 is 5.32 Å². The van der Waals surface area contributed by atoms with Gasteiger partial charge in [0.25, 0.3) is 0 Å². The third-order valence-electron chi connectivity index (χ3n) is 3.08. The third kappa shape index (κ3) is 3.05. The maximum Gasteiger partial charge on any atom is 0.228 e. The fourth-order valence-corrected chi connectivity index (χ4v) is 2.60. The first-order chi connectivity index (χ1) is 9.41. The molecule has 2 rings (SSSR count). The number of anilines is 1. The highest BCUT2D eigenvalue weighted by atomic mass is 32.1. The molecule has 0 fully saturated rings. The Hall–Kier alpha value is -1.72. The van der Waals surface area contributed by atoms with Crippen molar-refractivity contribution < 1.29 is 9.90 Å². The molecule has 1 atom stereocenters. The Morgan fingerprint density at radius 1 is 1.35 bits per heavy atom. The molecule has 4 nitrogen and oxygen atoms in total. The van der Waals surface area contributed by atoms with Crippen LogP contribution in [0, 0.1) is 5.92 Å². The molecule has 0 aliphatic heterocycles. The van der Waals surface area contributed by atoms with Gasteiger partial charge >= 0.3 is 0 Å². The number of aromatic nitrogens is 1. The Morgan fingerprint density at radius 2 is 2.00 bits per heavy atom. The lowest BCUT2D eigenvalue weighted by Gasteiger charge is -2.21. The molecule has 0 saturated carbocycles. The van der Waals surface area contributed by atoms with Gasteiger partial charge in [0, 0.05) is 12.1 Å². The molecule has 0 bridgehead atoms. The summed E-state index contributed by atoms with van der Waals surface area (Å²) in [7, 11) is 0. The molecule has 106 valence electrons. The number of hydrogen-bond donors (Lipinski definition) is 2. The minimum absolute atomic E-state index is 0.0785. The fourth-order valence-electron chi connectivity index (χ4n) is 1.71. The molecule has 1 aromatic heterocycles. The van der Waals surface area contributed by atoms with E-state index in [-0.39, 0.29) is 11.8 Å². The van der Waals surface area contributed by atoms with Gasteiger partial charge in [-0.15, -0.1) is 0 Å². The highest BCUT2D eigenvalue weighted by molar-refractivity contribution is 7.15. The van der Waals surface area contributed by atoms with Gasteiger partial charge in [0.05, 0.1) is 4.88 Å². The Kier molecular flexibility index (Phi) is 4.20. The lowest BCUT2D eigenvalue weighted by molar-refractivity contribution is -0.118. The Morgan fingerprint density at radius 3 is 2.60 bits per heavy atom. The van der Waals surface area contributed by atoms with Crippen LogP contribution >= 0.6 is 11.3 Å². The SMILES string of the molecule is CC(C)C(=O)Nc1ncc(C(C)(O)c2ccccc2)s1. The Labute approximate surface area is 122 Å². The van der Waals surface area contributed by atoms with Crippen molar-refractivity contribution in [3.63, 3.8) is 0 Å². The summed E-state index contributed by atoms with van der Waals surface area (Å²) in [4.78, 5) is 16.5. The molecule has 2 N–H and O–H groups in total. The summed E-state index contributed by atoms with van der Waals surface area (Å²) in [6.45, 7) is 5.37. The minimum atomic E-state index is -1.11. The van der Waals surface area contributed by atoms with Crippen LogP contribution in [-0.2, 0) is 10.4 Å². The normalized spacial score (nSPS) is 14.1. The highest BCUT2D eigenvalue weighted by Gasteiger charge is 2.28. The van der Waals surface area contributed by atoms with E-state index in [1.807, 2.05) is 44.2 Å². The van der Waals surface area contributed by atoms with E-state index in [4.69, 9.17) is 0 Å². The van der Waals surface area contributed by atoms with E-state index in [9.17, 15) is 9.90 Å². The van der Waals surface area contributed by atoms with Crippen molar-refractivity contribution in [2.24, 2.45) is 5.92 Å². The second-order valence-corrected chi connectivity index (χ2v) is 6.14. The maximum atomic E-state index is 11.6. The molecule has 0 radical (unpaired) electrons. The second-order valence-electron chi connectivity index (χ2n) is 5.11. The zero-order valence-corrected chi connectivity index (χ0v) is 12.6. The first-order valence-electron chi connectivity index (χ1n) is 6.46. The van der Waals surface area contributed by atoms with Crippen LogP contribution in [0.25, 0.3) is 0 Å². The van der Waals surface area contributed by atoms with Gasteiger partial charge in [-0.2, -0.15) is 0 Å². The number of amides is 1. The maximum absolute atomic E-state index is 11.6. The number of thiazole rings is 1. The van der Waals surface area contributed by atoms with E-state index in [0.29, 0.717) is 10.0 Å². The molecule has 20 heavy (non-hydrogen) atoms. The zero-order chi connectivity index (χ0) is 14.8. The minimum Gasteiger partial charge on any atom is -0.380 e. The number of aliphatic hydroxyl groups is 1. The molecule has 1 unspecified atom stereocenters. The van der Waals surface area contributed by atoms with E-state index in [2.05, 4.69) is 10.3 Å². The van der Waals surface area contributed by atoms with Crippen LogP contribution in [0.15, 0.2) is 36.5 Å². The molecular weight excluding hydrogens is 272 g/mol. The average Bonchev–Trinajstić information content (AvgIpc) is 2.89. The van der Waals surface area contributed by atoms with E-state index in [1.54, 1.807) is 13.1 Å². The number of rotatable bonds is 4. The number of hydrogen-bond acceptors (Lipinski definition) is 4. The van der Waals surface area contributed by atoms with Gasteiger partial charge in [-0.05, 0) is 12.5 Å². The standard InChI is InChI=1S/C15H18N2O2S/c1-10(2)13(18)17-14-16-9-12(20-14)15(3,19)11-7-5-4-6-8-11/h4-10,19H,1-3H3,(H,16,17,18). The monoisotopic (exact) mass is 290 g/mol. The average molecular weight is 290 g/mol. The van der Waals surface area contributed by atoms with Crippen molar-refractivity contribution in [2.75, 3.05) is 5.32 Å². The summed E-state index contributed by atoms with van der Waals surface area (Å²) in [6, 6.07) is 9.40. The van der Waals surface area contributed by atoms with Crippen molar-refractivity contribution in [1.82, 2.24) is 4.98 Å². The van der Waals surface area contributed by atoms with Crippen LogP contribution in [0.1, 0.15) is 31.2 Å². The molecule has 1 amide bonds. The zero-order valence-electron chi connectivity index (χ0n) is 11.8. The summed E-state index contributed by atoms with van der Waals surface area (Å²) in [6.07, 6.45) is 1.60. The molecule has 0 saturated heterocycles. The van der Waals surface area contributed by atoms with Crippen LogP contribution in [-0.4, -0.2) is 16.0 Å². The third-order valence-corrected chi connectivity index (χ3v) is 4.20. The molecular formula is C15H18N2O2S. The molecule has 2 aromatic rings. The molecule has 0 aliphatic rings. The topological polar surface area (TPSA) is 62.2 Å².